The summed E-state index contributed by atoms with van der Waals surface area (Å²) in [6.45, 7) is 6.56. The van der Waals surface area contributed by atoms with Gasteiger partial charge < -0.3 is 4.90 Å². The molecule has 2 rings (SSSR count). The summed E-state index contributed by atoms with van der Waals surface area (Å²) in [6, 6.07) is 0.589. The van der Waals surface area contributed by atoms with Crippen LogP contribution in [0.5, 0.6) is 0 Å². The first-order chi connectivity index (χ1) is 7.09. The van der Waals surface area contributed by atoms with Gasteiger partial charge in [-0.15, -0.1) is 0 Å². The molecule has 1 saturated heterocycles. The highest BCUT2D eigenvalue weighted by Crippen LogP contribution is 2.27. The molecule has 3 nitrogen and oxygen atoms in total. The van der Waals surface area contributed by atoms with Gasteiger partial charge in [0.25, 0.3) is 0 Å². The molecule has 0 aliphatic carbocycles. The minimum absolute atomic E-state index is 0.589. The van der Waals surface area contributed by atoms with Gasteiger partial charge in [0.1, 0.15) is 0 Å². The molecule has 0 spiro atoms. The van der Waals surface area contributed by atoms with Crippen molar-refractivity contribution >= 4 is 15.9 Å². The van der Waals surface area contributed by atoms with Gasteiger partial charge in [-0.2, -0.15) is 5.10 Å². The van der Waals surface area contributed by atoms with Crippen LogP contribution < -0.4 is 0 Å². The monoisotopic (exact) mass is 271 g/mol. The Balaban J connectivity index is 2.19. The van der Waals surface area contributed by atoms with E-state index < -0.39 is 0 Å². The van der Waals surface area contributed by atoms with Crippen LogP contribution in [-0.2, 0) is 0 Å². The van der Waals surface area contributed by atoms with E-state index in [2.05, 4.69) is 51.5 Å². The molecule has 0 amide bonds. The number of rotatable bonds is 1. The highest BCUT2D eigenvalue weighted by Gasteiger charge is 2.21. The Labute approximate surface area is 99.6 Å². The molecule has 0 radical (unpaired) electrons. The van der Waals surface area contributed by atoms with Gasteiger partial charge in [0, 0.05) is 0 Å². The van der Waals surface area contributed by atoms with Crippen LogP contribution in [0, 0.1) is 13.8 Å². The van der Waals surface area contributed by atoms with Gasteiger partial charge in [-0.05, 0) is 62.8 Å². The Bertz CT molecular complexity index is 351. The molecule has 84 valence electrons. The van der Waals surface area contributed by atoms with Crippen LogP contribution in [0.2, 0.25) is 0 Å². The zero-order chi connectivity index (χ0) is 11.0. The molecule has 0 saturated carbocycles. The van der Waals surface area contributed by atoms with Crippen molar-refractivity contribution in [3.8, 4) is 0 Å². The lowest BCUT2D eigenvalue weighted by molar-refractivity contribution is 0.210. The first kappa shape index (κ1) is 11.1. The number of hydrogen-bond donors (Lipinski definition) is 0. The maximum Gasteiger partial charge on any atom is 0.0738 e. The molecular weight excluding hydrogens is 254 g/mol. The Kier molecular flexibility index (Phi) is 3.16. The number of aryl methyl sites for hydroxylation is 1. The van der Waals surface area contributed by atoms with Crippen molar-refractivity contribution in [3.63, 3.8) is 0 Å². The summed E-state index contributed by atoms with van der Waals surface area (Å²) < 4.78 is 3.37. The van der Waals surface area contributed by atoms with Gasteiger partial charge in [0.05, 0.1) is 21.9 Å². The zero-order valence-corrected chi connectivity index (χ0v) is 11.2. The molecule has 1 aromatic rings. The number of hydrogen-bond acceptors (Lipinski definition) is 2. The molecule has 0 aromatic carbocycles. The van der Waals surface area contributed by atoms with Crippen molar-refractivity contribution in [1.29, 1.82) is 0 Å². The fourth-order valence-corrected chi connectivity index (χ4v) is 2.50. The fraction of sp³-hybridized carbons (Fsp3) is 0.727. The molecule has 0 atom stereocenters. The molecule has 1 aliphatic heterocycles. The van der Waals surface area contributed by atoms with Gasteiger partial charge >= 0.3 is 0 Å². The number of likely N-dealkylation sites (tertiary alicyclic amines) is 1. The average Bonchev–Trinajstić information content (AvgIpc) is 2.47. The summed E-state index contributed by atoms with van der Waals surface area (Å²) in [6.07, 6.45) is 2.43. The molecule has 15 heavy (non-hydrogen) atoms. The quantitative estimate of drug-likeness (QED) is 0.783. The van der Waals surface area contributed by atoms with Crippen LogP contribution in [-0.4, -0.2) is 34.8 Å². The Morgan fingerprint density at radius 2 is 1.87 bits per heavy atom. The molecular formula is C11H18BrN3. The van der Waals surface area contributed by atoms with E-state index in [9.17, 15) is 0 Å². The lowest BCUT2D eigenvalue weighted by atomic mass is 10.1. The molecule has 1 aliphatic rings. The highest BCUT2D eigenvalue weighted by molar-refractivity contribution is 9.10. The predicted molar refractivity (Wildman–Crippen MR) is 65.2 cm³/mol. The third-order valence-corrected chi connectivity index (χ3v) is 4.42. The fourth-order valence-electron chi connectivity index (χ4n) is 2.24. The van der Waals surface area contributed by atoms with E-state index in [1.165, 1.54) is 36.1 Å². The largest absolute Gasteiger partial charge is 0.306 e. The Morgan fingerprint density at radius 1 is 1.27 bits per heavy atom. The average molecular weight is 272 g/mol. The van der Waals surface area contributed by atoms with Crippen LogP contribution in [0.3, 0.4) is 0 Å². The maximum absolute atomic E-state index is 4.61. The standard InChI is InChI=1S/C11H18BrN3/c1-8-11(12)9(2)15(13-8)10-4-6-14(3)7-5-10/h10H,4-7H2,1-3H3. The van der Waals surface area contributed by atoms with Crippen LogP contribution in [0.1, 0.15) is 30.3 Å². The normalized spacial score (nSPS) is 19.7. The minimum atomic E-state index is 0.589. The van der Waals surface area contributed by atoms with Crippen molar-refractivity contribution in [3.05, 3.63) is 15.9 Å². The van der Waals surface area contributed by atoms with Crippen molar-refractivity contribution in [2.75, 3.05) is 20.1 Å². The van der Waals surface area contributed by atoms with Gasteiger partial charge in [-0.1, -0.05) is 0 Å². The van der Waals surface area contributed by atoms with E-state index in [4.69, 9.17) is 0 Å². The van der Waals surface area contributed by atoms with E-state index in [0.717, 1.165) is 5.69 Å². The lowest BCUT2D eigenvalue weighted by Crippen LogP contribution is -2.32. The summed E-state index contributed by atoms with van der Waals surface area (Å²) in [5.74, 6) is 0. The Hall–Kier alpha value is -0.350. The number of nitrogens with zero attached hydrogens (tertiary/aromatic N) is 3. The van der Waals surface area contributed by atoms with Gasteiger partial charge in [0.2, 0.25) is 0 Å². The van der Waals surface area contributed by atoms with Gasteiger partial charge in [-0.25, -0.2) is 0 Å². The van der Waals surface area contributed by atoms with Crippen LogP contribution >= 0.6 is 15.9 Å². The molecule has 0 unspecified atom stereocenters. The minimum Gasteiger partial charge on any atom is -0.306 e. The van der Waals surface area contributed by atoms with Crippen molar-refractivity contribution in [1.82, 2.24) is 14.7 Å². The first-order valence-corrected chi connectivity index (χ1v) is 6.28. The van der Waals surface area contributed by atoms with E-state index in [-0.39, 0.29) is 0 Å². The Morgan fingerprint density at radius 3 is 2.33 bits per heavy atom. The van der Waals surface area contributed by atoms with Crippen LogP contribution in [0.15, 0.2) is 4.47 Å². The second kappa shape index (κ2) is 4.26. The van der Waals surface area contributed by atoms with Gasteiger partial charge in [-0.3, -0.25) is 4.68 Å². The maximum atomic E-state index is 4.61. The van der Waals surface area contributed by atoms with E-state index in [0.29, 0.717) is 6.04 Å². The van der Waals surface area contributed by atoms with Crippen LogP contribution in [0.4, 0.5) is 0 Å². The first-order valence-electron chi connectivity index (χ1n) is 5.49. The summed E-state index contributed by atoms with van der Waals surface area (Å²) in [7, 11) is 2.19. The molecule has 0 N–H and O–H groups in total. The lowest BCUT2D eigenvalue weighted by Gasteiger charge is -2.29. The van der Waals surface area contributed by atoms with Crippen molar-refractivity contribution in [2.45, 2.75) is 32.7 Å². The second-order valence-electron chi connectivity index (χ2n) is 4.46. The molecule has 1 fully saturated rings. The number of aromatic nitrogens is 2. The SMILES string of the molecule is Cc1nn(C2CCN(C)CC2)c(C)c1Br. The summed E-state index contributed by atoms with van der Waals surface area (Å²) in [5, 5.41) is 4.61. The molecule has 1 aromatic heterocycles. The summed E-state index contributed by atoms with van der Waals surface area (Å²) in [5.41, 5.74) is 2.37. The summed E-state index contributed by atoms with van der Waals surface area (Å²) in [4.78, 5) is 2.39. The smallest absolute Gasteiger partial charge is 0.0738 e. The number of halogens is 1. The molecule has 0 bridgehead atoms. The van der Waals surface area contributed by atoms with E-state index in [1.54, 1.807) is 0 Å². The van der Waals surface area contributed by atoms with E-state index >= 15 is 0 Å². The third-order valence-electron chi connectivity index (χ3n) is 3.27. The molecule has 4 heteroatoms. The molecule has 2 heterocycles. The highest BCUT2D eigenvalue weighted by atomic mass is 79.9. The van der Waals surface area contributed by atoms with Crippen molar-refractivity contribution < 1.29 is 0 Å². The van der Waals surface area contributed by atoms with E-state index in [1.807, 2.05) is 0 Å². The van der Waals surface area contributed by atoms with Crippen LogP contribution in [0.25, 0.3) is 0 Å². The third kappa shape index (κ3) is 2.11. The topological polar surface area (TPSA) is 21.1 Å². The van der Waals surface area contributed by atoms with Gasteiger partial charge in [0.15, 0.2) is 0 Å². The number of piperidine rings is 1. The van der Waals surface area contributed by atoms with Crippen molar-refractivity contribution in [2.24, 2.45) is 0 Å². The zero-order valence-electron chi connectivity index (χ0n) is 9.63. The second-order valence-corrected chi connectivity index (χ2v) is 5.26. The summed E-state index contributed by atoms with van der Waals surface area (Å²) >= 11 is 3.58. The predicted octanol–water partition coefficient (Wildman–Crippen LogP) is 2.53.